The van der Waals surface area contributed by atoms with Crippen molar-refractivity contribution in [2.75, 3.05) is 0 Å². The summed E-state index contributed by atoms with van der Waals surface area (Å²) in [6.45, 7) is 7.13. The predicted molar refractivity (Wildman–Crippen MR) is 181 cm³/mol. The molecule has 0 amide bonds. The van der Waals surface area contributed by atoms with Crippen LogP contribution in [-0.4, -0.2) is 9.52 Å². The quantitative estimate of drug-likeness (QED) is 0.159. The molecule has 4 aromatic rings. The Morgan fingerprint density at radius 2 is 1.14 bits per heavy atom. The molecule has 2 aliphatic rings. The Morgan fingerprint density at radius 1 is 0.619 bits per heavy atom. The normalized spacial score (nSPS) is 18.9. The van der Waals surface area contributed by atoms with Crippen molar-refractivity contribution in [1.82, 2.24) is 0 Å². The van der Waals surface area contributed by atoms with Crippen molar-refractivity contribution in [2.45, 2.75) is 70.4 Å². The molecule has 2 aliphatic carbocycles. The van der Waals surface area contributed by atoms with Crippen molar-refractivity contribution in [1.29, 1.82) is 0 Å². The summed E-state index contributed by atoms with van der Waals surface area (Å²) in [7, 11) is -0.497. The number of hydrogen-bond acceptors (Lipinski definition) is 0. The van der Waals surface area contributed by atoms with Crippen molar-refractivity contribution in [3.63, 3.8) is 0 Å². The van der Waals surface area contributed by atoms with Gasteiger partial charge in [0, 0.05) is 0 Å². The van der Waals surface area contributed by atoms with Gasteiger partial charge in [-0.3, -0.25) is 0 Å². The molecule has 4 aromatic carbocycles. The van der Waals surface area contributed by atoms with Crippen LogP contribution >= 0.6 is 0 Å². The fraction of sp³-hybridized carbons (Fsp3) is 0.300. The molecule has 0 aliphatic heterocycles. The van der Waals surface area contributed by atoms with Crippen molar-refractivity contribution in [3.05, 3.63) is 160 Å². The molecule has 0 saturated carbocycles. The molecule has 214 valence electrons. The van der Waals surface area contributed by atoms with E-state index in [1.54, 1.807) is 38.6 Å². The minimum atomic E-state index is -2.94. The maximum atomic E-state index is 2.90. The van der Waals surface area contributed by atoms with Gasteiger partial charge in [0.1, 0.15) is 0 Å². The van der Waals surface area contributed by atoms with Gasteiger partial charge in [-0.05, 0) is 0 Å². The first-order valence-electron chi connectivity index (χ1n) is 16.1. The van der Waals surface area contributed by atoms with Gasteiger partial charge in [0.25, 0.3) is 0 Å². The van der Waals surface area contributed by atoms with E-state index < -0.39 is 26.1 Å². The summed E-state index contributed by atoms with van der Waals surface area (Å²) < 4.78 is 4.05. The maximum absolute atomic E-state index is 2.94. The molecule has 6 rings (SSSR count). The second-order valence-electron chi connectivity index (χ2n) is 13.1. The third-order valence-corrected chi connectivity index (χ3v) is 22.8. The van der Waals surface area contributed by atoms with Crippen LogP contribution in [-0.2, 0) is 30.8 Å². The zero-order chi connectivity index (χ0) is 29.0. The second kappa shape index (κ2) is 12.9. The first-order valence-corrected chi connectivity index (χ1v) is 21.9. The Hall–Kier alpha value is -2.71. The Balaban J connectivity index is 1.58. The number of hydrogen-bond donors (Lipinski definition) is 0. The predicted octanol–water partition coefficient (Wildman–Crippen LogP) is 9.26. The first-order chi connectivity index (χ1) is 20.5. The van der Waals surface area contributed by atoms with Gasteiger partial charge in [0.05, 0.1) is 0 Å². The van der Waals surface area contributed by atoms with Gasteiger partial charge < -0.3 is 0 Å². The molecule has 42 heavy (non-hydrogen) atoms. The van der Waals surface area contributed by atoms with E-state index in [0.29, 0.717) is 0 Å². The van der Waals surface area contributed by atoms with Crippen LogP contribution in [0, 0.1) is 13.8 Å². The van der Waals surface area contributed by atoms with Gasteiger partial charge in [-0.1, -0.05) is 0 Å². The van der Waals surface area contributed by atoms with Gasteiger partial charge in [-0.2, -0.15) is 0 Å². The molecule has 0 nitrogen and oxygen atoms in total. The molecule has 0 heterocycles. The average Bonchev–Trinajstić information content (AvgIpc) is 3.32. The van der Waals surface area contributed by atoms with Gasteiger partial charge in [0.2, 0.25) is 0 Å². The van der Waals surface area contributed by atoms with Crippen molar-refractivity contribution in [3.8, 4) is 0 Å². The molecule has 1 unspecified atom stereocenters. The molecule has 0 fully saturated rings. The number of aryl methyl sites for hydroxylation is 1. The standard InChI is InChI=1S/C19H25Si.3C7H7.Ti/c1-13-7-6-10-19(15(13)3)20-12-16-11-14(2)17-8-4-5-9-18(16)17;3*1-7-5-3-2-4-6-7;/h6-7,10-11H,4-5,8-9,12,20H2,1-3H3;3*2-6H,1H2;. The van der Waals surface area contributed by atoms with Crippen LogP contribution in [0.1, 0.15) is 60.4 Å². The third kappa shape index (κ3) is 5.89. The fourth-order valence-corrected chi connectivity index (χ4v) is 23.1. The zero-order valence-corrected chi connectivity index (χ0v) is 28.8. The van der Waals surface area contributed by atoms with Gasteiger partial charge >= 0.3 is 261 Å². The van der Waals surface area contributed by atoms with E-state index >= 15 is 0 Å². The van der Waals surface area contributed by atoms with Crippen LogP contribution in [0.15, 0.2) is 132 Å². The molecule has 0 aromatic heterocycles. The molecule has 0 spiro atoms. The zero-order valence-electron chi connectivity index (χ0n) is 25.8. The summed E-state index contributed by atoms with van der Waals surface area (Å²) in [6, 6.07) is 43.2. The van der Waals surface area contributed by atoms with Gasteiger partial charge in [0.15, 0.2) is 0 Å². The Kier molecular flexibility index (Phi) is 9.01. The molecule has 0 N–H and O–H groups in total. The number of allylic oxidation sites excluding steroid dienone is 4. The van der Waals surface area contributed by atoms with Crippen LogP contribution in [0.4, 0.5) is 0 Å². The van der Waals surface area contributed by atoms with Crippen LogP contribution in [0.25, 0.3) is 0 Å². The summed E-state index contributed by atoms with van der Waals surface area (Å²) in [5.74, 6) is 0. The second-order valence-corrected chi connectivity index (χ2v) is 21.9. The van der Waals surface area contributed by atoms with E-state index in [4.69, 9.17) is 0 Å². The summed E-state index contributed by atoms with van der Waals surface area (Å²) in [5.41, 5.74) is 12.9. The van der Waals surface area contributed by atoms with Gasteiger partial charge in [-0.15, -0.1) is 0 Å². The first kappa shape index (κ1) is 29.4. The third-order valence-electron chi connectivity index (χ3n) is 10.6. The fourth-order valence-electron chi connectivity index (χ4n) is 8.37. The van der Waals surface area contributed by atoms with E-state index in [0.717, 1.165) is 0 Å². The Morgan fingerprint density at radius 3 is 1.69 bits per heavy atom. The van der Waals surface area contributed by atoms with Crippen LogP contribution < -0.4 is 5.19 Å². The summed E-state index contributed by atoms with van der Waals surface area (Å²) in [4.78, 5) is 0. The van der Waals surface area contributed by atoms with Crippen LogP contribution in [0.2, 0.25) is 9.76 Å². The van der Waals surface area contributed by atoms with Crippen LogP contribution in [0.3, 0.4) is 0 Å². The van der Waals surface area contributed by atoms with E-state index in [1.165, 1.54) is 51.5 Å². The molecule has 2 heteroatoms. The monoisotopic (exact) mass is 602 g/mol. The molecule has 0 radical (unpaired) electrons. The van der Waals surface area contributed by atoms with Crippen molar-refractivity contribution >= 4 is 14.7 Å². The SMILES string of the molecule is CC1=C[C](C[SiH2]c2cccc(C)c2C)([Ti]([CH2]c2ccccc2)([CH2]c2ccccc2)[CH2]c2ccccc2)C2=C1CCCC2. The number of rotatable bonds is 10. The molecule has 0 saturated heterocycles. The van der Waals surface area contributed by atoms with Crippen molar-refractivity contribution < 1.29 is 16.6 Å². The number of benzene rings is 4. The van der Waals surface area contributed by atoms with E-state index in [-0.39, 0.29) is 3.72 Å². The molecule has 0 bridgehead atoms. The summed E-state index contributed by atoms with van der Waals surface area (Å²) in [5, 5.41) is 1.68. The van der Waals surface area contributed by atoms with E-state index in [9.17, 15) is 0 Å². The topological polar surface area (TPSA) is 0 Å². The van der Waals surface area contributed by atoms with Crippen LogP contribution in [0.5, 0.6) is 0 Å². The van der Waals surface area contributed by atoms with Gasteiger partial charge in [-0.25, -0.2) is 0 Å². The minimum absolute atomic E-state index is 0.240. The van der Waals surface area contributed by atoms with E-state index in [1.807, 2.05) is 5.57 Å². The van der Waals surface area contributed by atoms with E-state index in [2.05, 4.69) is 136 Å². The molecular weight excluding hydrogens is 556 g/mol. The average molecular weight is 603 g/mol. The molecule has 1 atom stereocenters. The summed E-state index contributed by atoms with van der Waals surface area (Å²) in [6.07, 6.45) is 8.19. The summed E-state index contributed by atoms with van der Waals surface area (Å²) >= 11 is -2.94. The Bertz CT molecular complexity index is 1470. The molecular formula is C40H46SiTi. The van der Waals surface area contributed by atoms with Crippen molar-refractivity contribution in [2.24, 2.45) is 0 Å². The Labute approximate surface area is 260 Å².